The van der Waals surface area contributed by atoms with Crippen LogP contribution in [0.25, 0.3) is 0 Å². The molecule has 1 unspecified atom stereocenters. The fraction of sp³-hybridized carbons (Fsp3) is 0.875. The molecule has 1 aliphatic rings. The summed E-state index contributed by atoms with van der Waals surface area (Å²) >= 11 is 0. The minimum absolute atomic E-state index is 0.346. The molecule has 0 spiro atoms. The zero-order chi connectivity index (χ0) is 16.0. The summed E-state index contributed by atoms with van der Waals surface area (Å²) in [5.41, 5.74) is -0.613. The predicted octanol–water partition coefficient (Wildman–Crippen LogP) is 3.67. The molecule has 0 aromatic heterocycles. The van der Waals surface area contributed by atoms with Gasteiger partial charge >= 0.3 is 12.1 Å². The topological polar surface area (TPSA) is 66.8 Å². The van der Waals surface area contributed by atoms with Crippen LogP contribution in [0.4, 0.5) is 4.79 Å². The number of carboxylic acid groups (broad SMARTS) is 1. The van der Waals surface area contributed by atoms with E-state index in [0.717, 1.165) is 25.7 Å². The zero-order valence-corrected chi connectivity index (χ0v) is 13.7. The van der Waals surface area contributed by atoms with Crippen molar-refractivity contribution in [2.45, 2.75) is 77.9 Å². The van der Waals surface area contributed by atoms with E-state index >= 15 is 0 Å². The Labute approximate surface area is 127 Å². The van der Waals surface area contributed by atoms with Gasteiger partial charge in [-0.15, -0.1) is 0 Å². The molecule has 21 heavy (non-hydrogen) atoms. The lowest BCUT2D eigenvalue weighted by molar-refractivity contribution is -0.144. The molecule has 1 fully saturated rings. The smallest absolute Gasteiger partial charge is 0.411 e. The van der Waals surface area contributed by atoms with E-state index in [9.17, 15) is 14.7 Å². The van der Waals surface area contributed by atoms with Crippen LogP contribution in [0.3, 0.4) is 0 Å². The molecule has 0 radical (unpaired) electrons. The minimum atomic E-state index is -0.937. The molecule has 0 heterocycles. The summed E-state index contributed by atoms with van der Waals surface area (Å²) in [4.78, 5) is 25.2. The van der Waals surface area contributed by atoms with Crippen LogP contribution in [0.15, 0.2) is 0 Å². The van der Waals surface area contributed by atoms with Gasteiger partial charge in [-0.25, -0.2) is 9.59 Å². The number of nitrogens with zero attached hydrogens (tertiary/aromatic N) is 1. The molecule has 5 nitrogen and oxygen atoms in total. The quantitative estimate of drug-likeness (QED) is 0.841. The Morgan fingerprint density at radius 1 is 1.24 bits per heavy atom. The first-order chi connectivity index (χ1) is 9.74. The van der Waals surface area contributed by atoms with Crippen LogP contribution in [-0.2, 0) is 9.53 Å². The van der Waals surface area contributed by atoms with Gasteiger partial charge in [-0.3, -0.25) is 4.90 Å². The van der Waals surface area contributed by atoms with Gasteiger partial charge in [-0.2, -0.15) is 0 Å². The molecular weight excluding hydrogens is 270 g/mol. The molecule has 1 atom stereocenters. The molecule has 0 bridgehead atoms. The van der Waals surface area contributed by atoms with Gasteiger partial charge in [0.2, 0.25) is 0 Å². The van der Waals surface area contributed by atoms with Gasteiger partial charge in [0.15, 0.2) is 0 Å². The number of amides is 1. The lowest BCUT2D eigenvalue weighted by Crippen LogP contribution is -2.48. The molecule has 0 aliphatic heterocycles. The second-order valence-electron chi connectivity index (χ2n) is 6.86. The largest absolute Gasteiger partial charge is 0.480 e. The number of aliphatic carboxylic acids is 1. The monoisotopic (exact) mass is 299 g/mol. The summed E-state index contributed by atoms with van der Waals surface area (Å²) in [5, 5.41) is 9.50. The van der Waals surface area contributed by atoms with E-state index in [0.29, 0.717) is 18.9 Å². The Bertz CT molecular complexity index is 356. The molecule has 1 saturated carbocycles. The third-order valence-corrected chi connectivity index (χ3v) is 3.91. The van der Waals surface area contributed by atoms with Crippen LogP contribution < -0.4 is 0 Å². The normalized spacial score (nSPS) is 18.1. The minimum Gasteiger partial charge on any atom is -0.480 e. The zero-order valence-electron chi connectivity index (χ0n) is 13.7. The van der Waals surface area contributed by atoms with Gasteiger partial charge in [-0.05, 0) is 40.0 Å². The number of hydrogen-bond donors (Lipinski definition) is 1. The molecule has 122 valence electrons. The number of rotatable bonds is 5. The lowest BCUT2D eigenvalue weighted by atomic mass is 9.84. The van der Waals surface area contributed by atoms with E-state index in [1.807, 2.05) is 0 Å². The number of carboxylic acids is 1. The highest BCUT2D eigenvalue weighted by molar-refractivity contribution is 5.80. The molecule has 1 amide bonds. The summed E-state index contributed by atoms with van der Waals surface area (Å²) in [7, 11) is 0. The number of hydrogen-bond acceptors (Lipinski definition) is 3. The third-order valence-electron chi connectivity index (χ3n) is 3.91. The molecular formula is C16H29NO4. The SMILES string of the molecule is CCN(C(=O)OC(C)(C)C)C(CC1CCCCC1)C(=O)O. The summed E-state index contributed by atoms with van der Waals surface area (Å²) in [6.07, 6.45) is 5.68. The second-order valence-corrected chi connectivity index (χ2v) is 6.86. The van der Waals surface area contributed by atoms with E-state index in [-0.39, 0.29) is 0 Å². The van der Waals surface area contributed by atoms with Crippen LogP contribution in [0, 0.1) is 5.92 Å². The number of carbonyl (C=O) groups is 2. The van der Waals surface area contributed by atoms with Crippen molar-refractivity contribution >= 4 is 12.1 Å². The van der Waals surface area contributed by atoms with Crippen molar-refractivity contribution < 1.29 is 19.4 Å². The van der Waals surface area contributed by atoms with Crippen LogP contribution in [0.1, 0.15) is 66.2 Å². The first-order valence-corrected chi connectivity index (χ1v) is 7.97. The molecule has 0 aromatic rings. The molecule has 1 rings (SSSR count). The molecule has 0 aromatic carbocycles. The average Bonchev–Trinajstić information content (AvgIpc) is 2.37. The predicted molar refractivity (Wildman–Crippen MR) is 81.2 cm³/mol. The first kappa shape index (κ1) is 17.8. The van der Waals surface area contributed by atoms with Gasteiger partial charge in [0, 0.05) is 6.54 Å². The van der Waals surface area contributed by atoms with E-state index in [4.69, 9.17) is 4.74 Å². The van der Waals surface area contributed by atoms with Crippen LogP contribution >= 0.6 is 0 Å². The molecule has 0 saturated heterocycles. The van der Waals surface area contributed by atoms with Crippen LogP contribution in [0.2, 0.25) is 0 Å². The van der Waals surface area contributed by atoms with Gasteiger partial charge in [0.25, 0.3) is 0 Å². The van der Waals surface area contributed by atoms with Gasteiger partial charge in [-0.1, -0.05) is 32.1 Å². The Morgan fingerprint density at radius 3 is 2.24 bits per heavy atom. The van der Waals surface area contributed by atoms with E-state index < -0.39 is 23.7 Å². The highest BCUT2D eigenvalue weighted by atomic mass is 16.6. The van der Waals surface area contributed by atoms with Crippen molar-refractivity contribution in [3.05, 3.63) is 0 Å². The van der Waals surface area contributed by atoms with Gasteiger partial charge < -0.3 is 9.84 Å². The van der Waals surface area contributed by atoms with E-state index in [2.05, 4.69) is 0 Å². The Hall–Kier alpha value is -1.26. The maximum atomic E-state index is 12.2. The van der Waals surface area contributed by atoms with Gasteiger partial charge in [0.05, 0.1) is 0 Å². The summed E-state index contributed by atoms with van der Waals surface area (Å²) in [6, 6.07) is -0.784. The summed E-state index contributed by atoms with van der Waals surface area (Å²) in [5.74, 6) is -0.537. The van der Waals surface area contributed by atoms with E-state index in [1.165, 1.54) is 11.3 Å². The third kappa shape index (κ3) is 5.94. The molecule has 5 heteroatoms. The molecule has 1 N–H and O–H groups in total. The first-order valence-electron chi connectivity index (χ1n) is 7.97. The maximum Gasteiger partial charge on any atom is 0.411 e. The fourth-order valence-electron chi connectivity index (χ4n) is 2.90. The van der Waals surface area contributed by atoms with Crippen molar-refractivity contribution in [2.75, 3.05) is 6.54 Å². The van der Waals surface area contributed by atoms with Crippen molar-refractivity contribution in [3.8, 4) is 0 Å². The Morgan fingerprint density at radius 2 is 1.81 bits per heavy atom. The van der Waals surface area contributed by atoms with Gasteiger partial charge in [0.1, 0.15) is 11.6 Å². The van der Waals surface area contributed by atoms with Crippen molar-refractivity contribution in [3.63, 3.8) is 0 Å². The standard InChI is InChI=1S/C16H29NO4/c1-5-17(15(20)21-16(2,3)4)13(14(18)19)11-12-9-7-6-8-10-12/h12-13H,5-11H2,1-4H3,(H,18,19). The Kier molecular flexibility index (Phi) is 6.49. The van der Waals surface area contributed by atoms with Crippen LogP contribution in [-0.4, -0.2) is 40.3 Å². The van der Waals surface area contributed by atoms with E-state index in [1.54, 1.807) is 27.7 Å². The van der Waals surface area contributed by atoms with Crippen LogP contribution in [0.5, 0.6) is 0 Å². The summed E-state index contributed by atoms with van der Waals surface area (Å²) < 4.78 is 5.33. The van der Waals surface area contributed by atoms with Crippen molar-refractivity contribution in [1.29, 1.82) is 0 Å². The fourth-order valence-corrected chi connectivity index (χ4v) is 2.90. The molecule has 1 aliphatic carbocycles. The maximum absolute atomic E-state index is 12.2. The number of carbonyl (C=O) groups excluding carboxylic acids is 1. The number of ether oxygens (including phenoxy) is 1. The second kappa shape index (κ2) is 7.66. The lowest BCUT2D eigenvalue weighted by Gasteiger charge is -2.33. The van der Waals surface area contributed by atoms with Crippen molar-refractivity contribution in [1.82, 2.24) is 4.90 Å². The highest BCUT2D eigenvalue weighted by Gasteiger charge is 2.33. The van der Waals surface area contributed by atoms with Crippen molar-refractivity contribution in [2.24, 2.45) is 5.92 Å². The number of likely N-dealkylation sites (N-methyl/N-ethyl adjacent to an activating group) is 1. The summed E-state index contributed by atoms with van der Waals surface area (Å²) in [6.45, 7) is 7.50. The average molecular weight is 299 g/mol. The Balaban J connectivity index is 2.75. The highest BCUT2D eigenvalue weighted by Crippen LogP contribution is 2.29.